The summed E-state index contributed by atoms with van der Waals surface area (Å²) in [6.45, 7) is 1.97. The minimum absolute atomic E-state index is 0.429. The molecule has 0 fully saturated rings. The van der Waals surface area contributed by atoms with E-state index in [1.807, 2.05) is 31.2 Å². The van der Waals surface area contributed by atoms with Gasteiger partial charge in [0.25, 0.3) is 0 Å². The van der Waals surface area contributed by atoms with E-state index >= 15 is 0 Å². The number of benzene rings is 2. The first-order valence-corrected chi connectivity index (χ1v) is 6.09. The fourth-order valence-electron chi connectivity index (χ4n) is 1.62. The molecule has 0 radical (unpaired) electrons. The van der Waals surface area contributed by atoms with Crippen LogP contribution in [0.1, 0.15) is 11.1 Å². The SMILES string of the molecule is Cc1ccc(Cl)cc1Nc1cccc(Cl)c1C#N. The number of anilines is 2. The predicted molar refractivity (Wildman–Crippen MR) is 75.6 cm³/mol. The molecule has 0 aliphatic rings. The van der Waals surface area contributed by atoms with Crippen molar-refractivity contribution in [3.05, 3.63) is 57.6 Å². The van der Waals surface area contributed by atoms with Crippen LogP contribution >= 0.6 is 23.2 Å². The predicted octanol–water partition coefficient (Wildman–Crippen LogP) is 4.92. The van der Waals surface area contributed by atoms with Crippen LogP contribution in [0.15, 0.2) is 36.4 Å². The fraction of sp³-hybridized carbons (Fsp3) is 0.0714. The third-order valence-electron chi connectivity index (χ3n) is 2.59. The van der Waals surface area contributed by atoms with Gasteiger partial charge in [0.1, 0.15) is 6.07 Å². The highest BCUT2D eigenvalue weighted by atomic mass is 35.5. The summed E-state index contributed by atoms with van der Waals surface area (Å²) < 4.78 is 0. The third kappa shape index (κ3) is 2.59. The molecule has 0 unspecified atom stereocenters. The van der Waals surface area contributed by atoms with Crippen molar-refractivity contribution in [3.63, 3.8) is 0 Å². The number of hydrogen-bond donors (Lipinski definition) is 1. The molecule has 0 aliphatic heterocycles. The average molecular weight is 277 g/mol. The zero-order valence-corrected chi connectivity index (χ0v) is 11.2. The summed E-state index contributed by atoms with van der Waals surface area (Å²) in [5, 5.41) is 13.4. The maximum atomic E-state index is 9.10. The molecule has 0 spiro atoms. The highest BCUT2D eigenvalue weighted by Gasteiger charge is 2.07. The first kappa shape index (κ1) is 12.8. The van der Waals surface area contributed by atoms with Crippen molar-refractivity contribution < 1.29 is 0 Å². The summed E-state index contributed by atoms with van der Waals surface area (Å²) in [7, 11) is 0. The first-order chi connectivity index (χ1) is 8.61. The molecular weight excluding hydrogens is 267 g/mol. The lowest BCUT2D eigenvalue weighted by Crippen LogP contribution is -1.96. The third-order valence-corrected chi connectivity index (χ3v) is 3.14. The van der Waals surface area contributed by atoms with Gasteiger partial charge in [-0.2, -0.15) is 5.26 Å². The van der Waals surface area contributed by atoms with Crippen molar-refractivity contribution in [3.8, 4) is 6.07 Å². The molecule has 0 atom stereocenters. The summed E-state index contributed by atoms with van der Waals surface area (Å²) in [5.41, 5.74) is 3.01. The molecule has 0 aliphatic carbocycles. The van der Waals surface area contributed by atoms with Crippen LogP contribution in [0.3, 0.4) is 0 Å². The van der Waals surface area contributed by atoms with E-state index in [1.54, 1.807) is 12.1 Å². The van der Waals surface area contributed by atoms with Crippen LogP contribution in [-0.4, -0.2) is 0 Å². The Morgan fingerprint density at radius 1 is 1.11 bits per heavy atom. The summed E-state index contributed by atoms with van der Waals surface area (Å²) in [6, 6.07) is 12.9. The van der Waals surface area contributed by atoms with Gasteiger partial charge in [0.05, 0.1) is 16.3 Å². The highest BCUT2D eigenvalue weighted by Crippen LogP contribution is 2.29. The Labute approximate surface area is 116 Å². The van der Waals surface area contributed by atoms with Crippen molar-refractivity contribution in [2.75, 3.05) is 5.32 Å². The van der Waals surface area contributed by atoms with Gasteiger partial charge in [0.15, 0.2) is 0 Å². The molecule has 4 heteroatoms. The second-order valence-electron chi connectivity index (χ2n) is 3.86. The van der Waals surface area contributed by atoms with Gasteiger partial charge in [-0.05, 0) is 36.8 Å². The Kier molecular flexibility index (Phi) is 3.76. The largest absolute Gasteiger partial charge is 0.354 e. The Morgan fingerprint density at radius 2 is 1.89 bits per heavy atom. The average Bonchev–Trinajstić information content (AvgIpc) is 2.34. The van der Waals surface area contributed by atoms with Gasteiger partial charge in [-0.1, -0.05) is 35.3 Å². The van der Waals surface area contributed by atoms with E-state index in [9.17, 15) is 0 Å². The lowest BCUT2D eigenvalue weighted by atomic mass is 10.1. The van der Waals surface area contributed by atoms with E-state index in [-0.39, 0.29) is 0 Å². The summed E-state index contributed by atoms with van der Waals surface area (Å²) >= 11 is 11.9. The molecule has 18 heavy (non-hydrogen) atoms. The van der Waals surface area contributed by atoms with Gasteiger partial charge in [0.2, 0.25) is 0 Å². The monoisotopic (exact) mass is 276 g/mol. The van der Waals surface area contributed by atoms with Crippen molar-refractivity contribution >= 4 is 34.6 Å². The van der Waals surface area contributed by atoms with Crippen LogP contribution in [0.5, 0.6) is 0 Å². The van der Waals surface area contributed by atoms with Crippen LogP contribution in [0.4, 0.5) is 11.4 Å². The zero-order valence-electron chi connectivity index (χ0n) is 9.67. The van der Waals surface area contributed by atoms with E-state index in [0.29, 0.717) is 21.3 Å². The van der Waals surface area contributed by atoms with Crippen LogP contribution in [0, 0.1) is 18.3 Å². The molecule has 2 aromatic carbocycles. The Balaban J connectivity index is 2.44. The van der Waals surface area contributed by atoms with E-state index in [4.69, 9.17) is 28.5 Å². The molecule has 1 N–H and O–H groups in total. The van der Waals surface area contributed by atoms with Gasteiger partial charge in [-0.3, -0.25) is 0 Å². The smallest absolute Gasteiger partial charge is 0.103 e. The highest BCUT2D eigenvalue weighted by molar-refractivity contribution is 6.32. The molecule has 0 bridgehead atoms. The molecule has 0 saturated heterocycles. The van der Waals surface area contributed by atoms with Gasteiger partial charge >= 0.3 is 0 Å². The van der Waals surface area contributed by atoms with Gasteiger partial charge in [0, 0.05) is 10.7 Å². The van der Waals surface area contributed by atoms with Crippen LogP contribution in [0.25, 0.3) is 0 Å². The maximum absolute atomic E-state index is 9.10. The topological polar surface area (TPSA) is 35.8 Å². The molecule has 0 amide bonds. The van der Waals surface area contributed by atoms with Gasteiger partial charge in [-0.25, -0.2) is 0 Å². The quantitative estimate of drug-likeness (QED) is 0.845. The summed E-state index contributed by atoms with van der Waals surface area (Å²) in [4.78, 5) is 0. The Hall–Kier alpha value is -1.69. The molecule has 2 aromatic rings. The minimum atomic E-state index is 0.429. The van der Waals surface area contributed by atoms with Crippen LogP contribution in [0.2, 0.25) is 10.0 Å². The number of nitriles is 1. The van der Waals surface area contributed by atoms with E-state index in [2.05, 4.69) is 11.4 Å². The minimum Gasteiger partial charge on any atom is -0.354 e. The van der Waals surface area contributed by atoms with E-state index < -0.39 is 0 Å². The van der Waals surface area contributed by atoms with E-state index in [1.165, 1.54) is 0 Å². The molecule has 2 nitrogen and oxygen atoms in total. The lowest BCUT2D eigenvalue weighted by Gasteiger charge is -2.11. The number of aryl methyl sites for hydroxylation is 1. The number of rotatable bonds is 2. The van der Waals surface area contributed by atoms with Gasteiger partial charge < -0.3 is 5.32 Å². The summed E-state index contributed by atoms with van der Waals surface area (Å²) in [6.07, 6.45) is 0. The lowest BCUT2D eigenvalue weighted by molar-refractivity contribution is 1.41. The van der Waals surface area contributed by atoms with Crippen LogP contribution < -0.4 is 5.32 Å². The molecular formula is C14H10Cl2N2. The zero-order chi connectivity index (χ0) is 13.1. The van der Waals surface area contributed by atoms with Crippen molar-refractivity contribution in [1.29, 1.82) is 5.26 Å². The van der Waals surface area contributed by atoms with Crippen molar-refractivity contribution in [2.24, 2.45) is 0 Å². The molecule has 0 aromatic heterocycles. The Bertz CT molecular complexity index is 630. The normalized spacial score (nSPS) is 9.89. The van der Waals surface area contributed by atoms with Crippen molar-refractivity contribution in [2.45, 2.75) is 6.92 Å². The standard InChI is InChI=1S/C14H10Cl2N2/c1-9-5-6-10(15)7-14(9)18-13-4-2-3-12(16)11(13)8-17/h2-7,18H,1H3. The number of nitrogens with zero attached hydrogens (tertiary/aromatic N) is 1. The number of nitrogens with one attached hydrogen (secondary N) is 1. The first-order valence-electron chi connectivity index (χ1n) is 5.33. The molecule has 2 rings (SSSR count). The van der Waals surface area contributed by atoms with E-state index in [0.717, 1.165) is 11.3 Å². The van der Waals surface area contributed by atoms with Crippen LogP contribution in [-0.2, 0) is 0 Å². The second-order valence-corrected chi connectivity index (χ2v) is 4.70. The summed E-state index contributed by atoms with van der Waals surface area (Å²) in [5.74, 6) is 0. The Morgan fingerprint density at radius 3 is 2.61 bits per heavy atom. The van der Waals surface area contributed by atoms with Crippen molar-refractivity contribution in [1.82, 2.24) is 0 Å². The number of hydrogen-bond acceptors (Lipinski definition) is 2. The number of halogens is 2. The molecule has 90 valence electrons. The second kappa shape index (κ2) is 5.30. The maximum Gasteiger partial charge on any atom is 0.103 e. The molecule has 0 heterocycles. The van der Waals surface area contributed by atoms with Gasteiger partial charge in [-0.15, -0.1) is 0 Å². The fourth-order valence-corrected chi connectivity index (χ4v) is 2.00. The molecule has 0 saturated carbocycles.